The van der Waals surface area contributed by atoms with Crippen LogP contribution in [0.5, 0.6) is 0 Å². The fourth-order valence-corrected chi connectivity index (χ4v) is 11.4. The second-order valence-corrected chi connectivity index (χ2v) is 24.7. The monoisotopic (exact) mass is 1290 g/mol. The molecular formula is C60H93F2N13O14S. The zero-order valence-corrected chi connectivity index (χ0v) is 53.8. The summed E-state index contributed by atoms with van der Waals surface area (Å²) in [5.41, 5.74) is 4.57. The fourth-order valence-electron chi connectivity index (χ4n) is 10.4. The summed E-state index contributed by atoms with van der Waals surface area (Å²) in [6.07, 6.45) is -3.05. The van der Waals surface area contributed by atoms with E-state index in [2.05, 4.69) is 63.8 Å². The van der Waals surface area contributed by atoms with Crippen molar-refractivity contribution in [1.82, 2.24) is 63.8 Å². The van der Waals surface area contributed by atoms with Gasteiger partial charge in [-0.05, 0) is 92.1 Å². The van der Waals surface area contributed by atoms with Gasteiger partial charge in [0.05, 0.1) is 25.3 Å². The molecule has 1 aliphatic carbocycles. The van der Waals surface area contributed by atoms with Crippen molar-refractivity contribution >= 4 is 92.3 Å². The van der Waals surface area contributed by atoms with Crippen LogP contribution in [0.2, 0.25) is 0 Å². The van der Waals surface area contributed by atoms with Crippen LogP contribution in [0.1, 0.15) is 126 Å². The highest BCUT2D eigenvalue weighted by molar-refractivity contribution is 7.17. The Kier molecular flexibility index (Phi) is 28.9. The molecule has 1 aromatic carbocycles. The maximum Gasteiger partial charge on any atom is 0.246 e. The Labute approximate surface area is 527 Å². The first-order valence-corrected chi connectivity index (χ1v) is 31.6. The molecule has 0 unspecified atom stereocenters. The van der Waals surface area contributed by atoms with Gasteiger partial charge >= 0.3 is 0 Å². The van der Waals surface area contributed by atoms with Gasteiger partial charge in [0, 0.05) is 17.5 Å². The molecule has 90 heavy (non-hydrogen) atoms. The van der Waals surface area contributed by atoms with Crippen LogP contribution in [0.4, 0.5) is 8.78 Å². The number of carbonyl (C=O) groups excluding carboxylic acids is 12. The van der Waals surface area contributed by atoms with Gasteiger partial charge in [-0.25, -0.2) is 8.78 Å². The van der Waals surface area contributed by atoms with Gasteiger partial charge in [0.15, 0.2) is 0 Å². The number of thiophene rings is 1. The summed E-state index contributed by atoms with van der Waals surface area (Å²) >= 11 is 1.53. The molecule has 0 bridgehead atoms. The molecule has 502 valence electrons. The molecule has 30 heteroatoms. The molecule has 2 fully saturated rings. The van der Waals surface area contributed by atoms with Crippen molar-refractivity contribution < 1.29 is 76.5 Å². The number of rotatable bonds is 32. The number of benzene rings is 1. The number of amides is 12. The molecule has 1 aliphatic heterocycles. The van der Waals surface area contributed by atoms with Crippen LogP contribution >= 0.6 is 11.3 Å². The van der Waals surface area contributed by atoms with Gasteiger partial charge in [-0.3, -0.25) is 57.5 Å². The number of halogens is 2. The van der Waals surface area contributed by atoms with Gasteiger partial charge in [-0.15, -0.1) is 11.3 Å². The van der Waals surface area contributed by atoms with E-state index in [1.807, 2.05) is 29.6 Å². The van der Waals surface area contributed by atoms with Gasteiger partial charge in [0.1, 0.15) is 59.9 Å². The smallest absolute Gasteiger partial charge is 0.246 e. The SMILES string of the molecule is CC[C@H](C)[C@H](NC(=O)[C@@H](Cc1csc2ccccc12)NC)C(=O)N[C@@H](CO)C(=O)N[C@H](CCC(N)=O)C(=O)N[C@@H](C(=O)N[C@H](C(=O)N[C@@H](CO)C(=O)N[C@H]1C(=O)N[C@@H](C)C(=O)N[C@@]2(C[C@H]2CC(F)F)C(=O)N[C@@H]([C@@H](C)CC)C(=O)N[C@H]1C)[C@@H](C)CC)[C@@H](C)CC. The molecular weight excluding hydrogens is 1200 g/mol. The van der Waals surface area contributed by atoms with Gasteiger partial charge in [0.2, 0.25) is 77.3 Å². The van der Waals surface area contributed by atoms with Crippen LogP contribution in [0.3, 0.4) is 0 Å². The van der Waals surface area contributed by atoms with Crippen LogP contribution in [-0.2, 0) is 64.0 Å². The first kappa shape index (κ1) is 75.0. The minimum Gasteiger partial charge on any atom is -0.394 e. The Hall–Kier alpha value is -7.44. The third-order valence-electron chi connectivity index (χ3n) is 17.3. The quantitative estimate of drug-likeness (QED) is 0.0414. The number of nitrogens with two attached hydrogens (primary N) is 1. The zero-order chi connectivity index (χ0) is 67.5. The average molecular weight is 1290 g/mol. The Balaban J connectivity index is 1.52. The van der Waals surface area contributed by atoms with Gasteiger partial charge in [-0.1, -0.05) is 99.3 Å². The summed E-state index contributed by atoms with van der Waals surface area (Å²) < 4.78 is 28.2. The molecule has 2 aliphatic rings. The van der Waals surface area contributed by atoms with E-state index in [1.54, 1.807) is 62.4 Å². The summed E-state index contributed by atoms with van der Waals surface area (Å²) in [5.74, 6) is -14.4. The number of likely N-dealkylation sites (N-methyl/N-ethyl adjacent to an activating group) is 1. The molecule has 0 radical (unpaired) electrons. The van der Waals surface area contributed by atoms with E-state index >= 15 is 0 Å². The Morgan fingerprint density at radius 2 is 1.16 bits per heavy atom. The van der Waals surface area contributed by atoms with E-state index in [9.17, 15) is 76.5 Å². The number of hydrogen-bond acceptors (Lipinski definition) is 16. The number of aliphatic hydroxyl groups excluding tert-OH is 2. The van der Waals surface area contributed by atoms with Crippen molar-refractivity contribution in [3.63, 3.8) is 0 Å². The number of aliphatic hydroxyl groups is 2. The first-order valence-electron chi connectivity index (χ1n) is 30.7. The lowest BCUT2D eigenvalue weighted by Crippen LogP contribution is -2.64. The second kappa shape index (κ2) is 34.7. The minimum absolute atomic E-state index is 0.164. The molecule has 2 heterocycles. The third-order valence-corrected chi connectivity index (χ3v) is 18.3. The van der Waals surface area contributed by atoms with Crippen molar-refractivity contribution in [2.24, 2.45) is 35.3 Å². The molecule has 4 rings (SSSR count). The highest BCUT2D eigenvalue weighted by Gasteiger charge is 2.62. The maximum atomic E-state index is 14.4. The highest BCUT2D eigenvalue weighted by atomic mass is 32.1. The second-order valence-electron chi connectivity index (χ2n) is 23.8. The Morgan fingerprint density at radius 1 is 0.656 bits per heavy atom. The molecule has 27 nitrogen and oxygen atoms in total. The van der Waals surface area contributed by atoms with Gasteiger partial charge in [-0.2, -0.15) is 0 Å². The summed E-state index contributed by atoms with van der Waals surface area (Å²) in [7, 11) is 1.61. The fraction of sp³-hybridized carbons (Fsp3) is 0.667. The number of alkyl halides is 2. The van der Waals surface area contributed by atoms with E-state index in [-0.39, 0.29) is 19.3 Å². The van der Waals surface area contributed by atoms with Crippen LogP contribution in [-0.4, -0.2) is 180 Å². The lowest BCUT2D eigenvalue weighted by atomic mass is 9.94. The Morgan fingerprint density at radius 3 is 1.67 bits per heavy atom. The van der Waals surface area contributed by atoms with E-state index in [4.69, 9.17) is 5.73 Å². The zero-order valence-electron chi connectivity index (χ0n) is 53.0. The summed E-state index contributed by atoms with van der Waals surface area (Å²) in [4.78, 5) is 166. The number of primary amides is 1. The molecule has 1 aromatic heterocycles. The maximum absolute atomic E-state index is 14.4. The first-order chi connectivity index (χ1) is 42.4. The van der Waals surface area contributed by atoms with E-state index < -0.39 is 211 Å². The van der Waals surface area contributed by atoms with E-state index in [0.29, 0.717) is 19.3 Å². The number of carbonyl (C=O) groups is 12. The van der Waals surface area contributed by atoms with Crippen molar-refractivity contribution in [3.05, 3.63) is 35.2 Å². The topological polar surface area (TPSA) is 416 Å². The van der Waals surface area contributed by atoms with Crippen LogP contribution < -0.4 is 69.5 Å². The lowest BCUT2D eigenvalue weighted by molar-refractivity contribution is -0.138. The van der Waals surface area contributed by atoms with E-state index in [1.165, 1.54) is 25.2 Å². The predicted molar refractivity (Wildman–Crippen MR) is 329 cm³/mol. The molecule has 1 spiro atoms. The number of hydrogen-bond donors (Lipinski definition) is 15. The molecule has 1 saturated heterocycles. The van der Waals surface area contributed by atoms with Crippen molar-refractivity contribution in [2.75, 3.05) is 20.3 Å². The molecule has 17 atom stereocenters. The van der Waals surface area contributed by atoms with Crippen LogP contribution in [0.15, 0.2) is 29.6 Å². The van der Waals surface area contributed by atoms with Gasteiger partial charge < -0.3 is 79.7 Å². The van der Waals surface area contributed by atoms with Crippen molar-refractivity contribution in [2.45, 2.75) is 205 Å². The number of fused-ring (bicyclic) bond motifs is 1. The predicted octanol–water partition coefficient (Wildman–Crippen LogP) is -1.10. The summed E-state index contributed by atoms with van der Waals surface area (Å²) in [6.45, 7) is 14.0. The Bertz CT molecular complexity index is 2890. The largest absolute Gasteiger partial charge is 0.394 e. The van der Waals surface area contributed by atoms with Crippen LogP contribution in [0.25, 0.3) is 10.1 Å². The highest BCUT2D eigenvalue weighted by Crippen LogP contribution is 2.48. The molecule has 1 saturated carbocycles. The molecule has 16 N–H and O–H groups in total. The van der Waals surface area contributed by atoms with Gasteiger partial charge in [0.25, 0.3) is 0 Å². The number of nitrogens with one attached hydrogen (secondary N) is 12. The van der Waals surface area contributed by atoms with Crippen LogP contribution in [0, 0.1) is 29.6 Å². The van der Waals surface area contributed by atoms with Crippen molar-refractivity contribution in [3.8, 4) is 0 Å². The normalized spacial score (nSPS) is 23.2. The average Bonchev–Trinajstić information content (AvgIpc) is 1.59. The molecule has 2 aromatic rings. The summed E-state index contributed by atoms with van der Waals surface area (Å²) in [6, 6.07) is -8.08. The molecule has 12 amide bonds. The summed E-state index contributed by atoms with van der Waals surface area (Å²) in [5, 5.41) is 54.8. The standard InChI is InChI=1S/C60H93F2N13O14S/c1-12-28(5)44(71-51(81)38(64-11)22-34-27-90-41-19-17-16-18-36(34)41)55(85)68-39(25-76)52(82)67-37(20-21-43(63)78)50(80)70-46(30(7)14-3)57(87)72-45(29(6)13-2)56(86)69-40(26-77)53(83)73-48-32(9)65-54(84)47(31(8)15-4)74-59(89)60(24-35(60)23-42(61)62)75-49(79)33(10)66-58(48)88/h16-19,27-33,35,37-40,42,44-48,64,76-77H,12-15,20-26H2,1-11H3,(H2,63,78)(H,65,84)(H,66,88)(H,67,82)(H,68,85)(H,69,86)(H,70,80)(H,71,81)(H,72,87)(H,73,83)(H,74,89)(H,75,79)/t28-,29-,30-,31-,32-,33-,35+,37+,38+,39-,40-,44-,45-,46+,47-,48+,60+/m0/s1. The lowest BCUT2D eigenvalue weighted by Gasteiger charge is -2.32. The van der Waals surface area contributed by atoms with E-state index in [0.717, 1.165) is 15.6 Å². The third kappa shape index (κ3) is 20.0. The minimum atomic E-state index is -2.82. The van der Waals surface area contributed by atoms with Crippen molar-refractivity contribution in [1.29, 1.82) is 0 Å².